The zero-order chi connectivity index (χ0) is 31.6. The lowest BCUT2D eigenvalue weighted by Gasteiger charge is -2.18. The third-order valence-corrected chi connectivity index (χ3v) is 9.02. The van der Waals surface area contributed by atoms with Crippen LogP contribution in [0.5, 0.6) is 0 Å². The van der Waals surface area contributed by atoms with Crippen molar-refractivity contribution in [1.82, 2.24) is 5.32 Å². The summed E-state index contributed by atoms with van der Waals surface area (Å²) in [6.45, 7) is 6.02. The zero-order valence-corrected chi connectivity index (χ0v) is 26.9. The molecule has 1 unspecified atom stereocenters. The predicted molar refractivity (Wildman–Crippen MR) is 183 cm³/mol. The molecule has 0 radical (unpaired) electrons. The quantitative estimate of drug-likeness (QED) is 0.112. The Morgan fingerprint density at radius 1 is 0.864 bits per heavy atom. The summed E-state index contributed by atoms with van der Waals surface area (Å²) in [5.74, 6) is -1.08. The van der Waals surface area contributed by atoms with Gasteiger partial charge in [-0.25, -0.2) is 0 Å². The largest absolute Gasteiger partial charge is 0.325 e. The first-order valence-corrected chi connectivity index (χ1v) is 15.8. The molecule has 44 heavy (non-hydrogen) atoms. The van der Waals surface area contributed by atoms with Crippen molar-refractivity contribution in [3.63, 3.8) is 0 Å². The highest BCUT2D eigenvalue weighted by molar-refractivity contribution is 8.00. The molecular weight excluding hydrogens is 613 g/mol. The van der Waals surface area contributed by atoms with Crippen molar-refractivity contribution in [3.8, 4) is 0 Å². The monoisotopic (exact) mass is 645 g/mol. The molecule has 4 aromatic carbocycles. The third-order valence-electron chi connectivity index (χ3n) is 6.83. The van der Waals surface area contributed by atoms with Gasteiger partial charge >= 0.3 is 0 Å². The molecule has 3 amide bonds. The summed E-state index contributed by atoms with van der Waals surface area (Å²) in [7, 11) is 0. The Balaban J connectivity index is 1.54. The van der Waals surface area contributed by atoms with E-state index < -0.39 is 11.8 Å². The fourth-order valence-electron chi connectivity index (χ4n) is 4.47. The number of hydrogen-bond donors (Lipinski definition) is 3. The molecule has 0 bridgehead atoms. The van der Waals surface area contributed by atoms with Gasteiger partial charge in [0.2, 0.25) is 5.91 Å². The van der Waals surface area contributed by atoms with E-state index in [-0.39, 0.29) is 21.9 Å². The van der Waals surface area contributed by atoms with Gasteiger partial charge in [-0.1, -0.05) is 91.6 Å². The number of hydrogen-bond acceptors (Lipinski definition) is 4. The number of aryl methyl sites for hydroxylation is 2. The van der Waals surface area contributed by atoms with E-state index in [9.17, 15) is 14.4 Å². The summed E-state index contributed by atoms with van der Waals surface area (Å²) < 4.78 is 0. The fourth-order valence-corrected chi connectivity index (χ4v) is 5.84. The Hall–Kier alpha value is -4.04. The van der Waals surface area contributed by atoms with E-state index in [1.165, 1.54) is 17.8 Å². The second kappa shape index (κ2) is 15.6. The van der Waals surface area contributed by atoms with E-state index in [4.69, 9.17) is 23.2 Å². The van der Waals surface area contributed by atoms with E-state index in [0.29, 0.717) is 28.3 Å². The van der Waals surface area contributed by atoms with E-state index >= 15 is 0 Å². The minimum Gasteiger partial charge on any atom is -0.325 e. The average molecular weight is 647 g/mol. The Labute approximate surface area is 272 Å². The first-order chi connectivity index (χ1) is 21.2. The van der Waals surface area contributed by atoms with Crippen molar-refractivity contribution in [2.24, 2.45) is 0 Å². The smallest absolute Gasteiger partial charge is 0.272 e. The molecule has 0 spiro atoms. The van der Waals surface area contributed by atoms with Crippen LogP contribution in [0.15, 0.2) is 102 Å². The highest BCUT2D eigenvalue weighted by Gasteiger charge is 2.21. The number of halogens is 2. The number of carbonyl (C=O) groups is 3. The molecular formula is C35H33Cl2N3O3S. The topological polar surface area (TPSA) is 87.3 Å². The maximum atomic E-state index is 13.5. The molecule has 0 aromatic heterocycles. The van der Waals surface area contributed by atoms with Crippen LogP contribution >= 0.6 is 35.0 Å². The van der Waals surface area contributed by atoms with Crippen LogP contribution in [0.4, 0.5) is 11.4 Å². The Morgan fingerprint density at radius 2 is 1.59 bits per heavy atom. The number of para-hydroxylation sites is 1. The maximum absolute atomic E-state index is 13.5. The molecule has 0 aliphatic heterocycles. The zero-order valence-electron chi connectivity index (χ0n) is 24.6. The highest BCUT2D eigenvalue weighted by atomic mass is 35.5. The third kappa shape index (κ3) is 8.53. The first kappa shape index (κ1) is 32.9. The van der Waals surface area contributed by atoms with Crippen LogP contribution in [-0.4, -0.2) is 23.0 Å². The number of rotatable bonds is 11. The van der Waals surface area contributed by atoms with Crippen molar-refractivity contribution < 1.29 is 14.4 Å². The Kier molecular flexibility index (Phi) is 11.7. The summed E-state index contributed by atoms with van der Waals surface area (Å²) in [5, 5.41) is 8.93. The molecule has 226 valence electrons. The molecule has 0 heterocycles. The van der Waals surface area contributed by atoms with Crippen molar-refractivity contribution in [1.29, 1.82) is 0 Å². The lowest BCUT2D eigenvalue weighted by atomic mass is 10.1. The maximum Gasteiger partial charge on any atom is 0.272 e. The molecule has 0 fully saturated rings. The van der Waals surface area contributed by atoms with E-state index in [2.05, 4.69) is 22.9 Å². The molecule has 0 saturated heterocycles. The summed E-state index contributed by atoms with van der Waals surface area (Å²) in [6.07, 6.45) is 2.91. The van der Waals surface area contributed by atoms with Gasteiger partial charge in [-0.2, -0.15) is 0 Å². The highest BCUT2D eigenvalue weighted by Crippen LogP contribution is 2.31. The van der Waals surface area contributed by atoms with Gasteiger partial charge < -0.3 is 16.0 Å². The molecule has 0 aliphatic rings. The Morgan fingerprint density at radius 3 is 2.32 bits per heavy atom. The molecule has 9 heteroatoms. The van der Waals surface area contributed by atoms with Crippen LogP contribution in [0.3, 0.4) is 0 Å². The molecule has 0 aliphatic carbocycles. The van der Waals surface area contributed by atoms with Gasteiger partial charge in [0.25, 0.3) is 11.8 Å². The lowest BCUT2D eigenvalue weighted by Crippen LogP contribution is -2.30. The standard InChI is InChI=1S/C35H33Cl2N3O3S/c1-4-23-15-9-12-22(3)32(23)40-35(43)30(5-2)44-27-18-11-17-26(21-27)38-34(42)29(20-25-16-10-19-28(36)31(25)37)39-33(41)24-13-7-6-8-14-24/h6-21,30H,4-5H2,1-3H3,(H,38,42)(H,39,41)(H,40,43)/b29-20+. The molecule has 1 atom stereocenters. The summed E-state index contributed by atoms with van der Waals surface area (Å²) in [6, 6.07) is 26.9. The van der Waals surface area contributed by atoms with Gasteiger partial charge in [-0.3, -0.25) is 14.4 Å². The number of benzene rings is 4. The van der Waals surface area contributed by atoms with Gasteiger partial charge in [-0.05, 0) is 78.9 Å². The molecule has 4 rings (SSSR count). The van der Waals surface area contributed by atoms with Crippen LogP contribution < -0.4 is 16.0 Å². The van der Waals surface area contributed by atoms with Gasteiger partial charge in [0.05, 0.1) is 15.3 Å². The van der Waals surface area contributed by atoms with Gasteiger partial charge in [0, 0.05) is 21.8 Å². The minimum absolute atomic E-state index is 0.0168. The van der Waals surface area contributed by atoms with Crippen molar-refractivity contribution in [2.45, 2.75) is 43.8 Å². The first-order valence-electron chi connectivity index (χ1n) is 14.2. The second-order valence-corrected chi connectivity index (χ2v) is 12.0. The van der Waals surface area contributed by atoms with Crippen LogP contribution in [0.25, 0.3) is 6.08 Å². The summed E-state index contributed by atoms with van der Waals surface area (Å²) >= 11 is 14.0. The van der Waals surface area contributed by atoms with Crippen LogP contribution in [-0.2, 0) is 16.0 Å². The molecule has 3 N–H and O–H groups in total. The SMILES string of the molecule is CCc1cccc(C)c1NC(=O)C(CC)Sc1cccc(NC(=O)/C(=C\c2cccc(Cl)c2Cl)NC(=O)c2ccccc2)c1. The Bertz CT molecular complexity index is 1690. The fraction of sp³-hybridized carbons (Fsp3) is 0.171. The van der Waals surface area contributed by atoms with E-state index in [1.54, 1.807) is 66.7 Å². The van der Waals surface area contributed by atoms with Crippen LogP contribution in [0.1, 0.15) is 47.3 Å². The molecule has 4 aromatic rings. The van der Waals surface area contributed by atoms with Gasteiger partial charge in [0.15, 0.2) is 0 Å². The minimum atomic E-state index is -0.552. The van der Waals surface area contributed by atoms with Crippen molar-refractivity contribution >= 4 is 70.1 Å². The summed E-state index contributed by atoms with van der Waals surface area (Å²) in [4.78, 5) is 40.6. The number of nitrogens with one attached hydrogen (secondary N) is 3. The van der Waals surface area contributed by atoms with E-state index in [1.807, 2.05) is 38.1 Å². The number of anilines is 2. The normalized spacial score (nSPS) is 11.9. The van der Waals surface area contributed by atoms with Gasteiger partial charge in [0.1, 0.15) is 5.70 Å². The van der Waals surface area contributed by atoms with Crippen molar-refractivity contribution in [3.05, 3.63) is 129 Å². The average Bonchev–Trinajstić information content (AvgIpc) is 3.03. The lowest BCUT2D eigenvalue weighted by molar-refractivity contribution is -0.116. The molecule has 6 nitrogen and oxygen atoms in total. The number of thioether (sulfide) groups is 1. The molecule has 0 saturated carbocycles. The predicted octanol–water partition coefficient (Wildman–Crippen LogP) is 8.78. The number of amides is 3. The van der Waals surface area contributed by atoms with Crippen LogP contribution in [0, 0.1) is 6.92 Å². The summed E-state index contributed by atoms with van der Waals surface area (Å²) in [5.41, 5.74) is 4.31. The van der Waals surface area contributed by atoms with Gasteiger partial charge in [-0.15, -0.1) is 11.8 Å². The number of carbonyl (C=O) groups excluding carboxylic acids is 3. The van der Waals surface area contributed by atoms with Crippen molar-refractivity contribution in [2.75, 3.05) is 10.6 Å². The second-order valence-electron chi connectivity index (χ2n) is 9.97. The van der Waals surface area contributed by atoms with Crippen LogP contribution in [0.2, 0.25) is 10.0 Å². The van der Waals surface area contributed by atoms with E-state index in [0.717, 1.165) is 28.1 Å².